The second kappa shape index (κ2) is 6.79. The van der Waals surface area contributed by atoms with Gasteiger partial charge in [0, 0.05) is 30.1 Å². The minimum atomic E-state index is 0.186. The number of rotatable bonds is 4. The van der Waals surface area contributed by atoms with Crippen molar-refractivity contribution < 1.29 is 4.79 Å². The number of amides is 1. The molecular formula is C24H28N2O. The first-order valence-electron chi connectivity index (χ1n) is 10.4. The molecule has 2 aromatic carbocycles. The quantitative estimate of drug-likeness (QED) is 0.900. The van der Waals surface area contributed by atoms with Gasteiger partial charge in [0.1, 0.15) is 0 Å². The third kappa shape index (κ3) is 3.08. The topological polar surface area (TPSA) is 32.3 Å². The van der Waals surface area contributed by atoms with Crippen molar-refractivity contribution in [3.63, 3.8) is 0 Å². The number of fused-ring (bicyclic) bond motifs is 2. The number of hydrogen-bond acceptors (Lipinski definition) is 2. The third-order valence-electron chi connectivity index (χ3n) is 7.04. The van der Waals surface area contributed by atoms with Crippen molar-refractivity contribution in [2.24, 2.45) is 5.92 Å². The van der Waals surface area contributed by atoms with Crippen molar-refractivity contribution in [1.82, 2.24) is 10.2 Å². The number of piperidine rings is 1. The number of nitrogens with one attached hydrogen (secondary N) is 1. The summed E-state index contributed by atoms with van der Waals surface area (Å²) < 4.78 is 0. The van der Waals surface area contributed by atoms with Gasteiger partial charge in [0.25, 0.3) is 5.91 Å². The van der Waals surface area contributed by atoms with E-state index in [0.29, 0.717) is 17.4 Å². The first-order valence-corrected chi connectivity index (χ1v) is 10.4. The zero-order valence-electron chi connectivity index (χ0n) is 15.9. The van der Waals surface area contributed by atoms with E-state index in [1.807, 2.05) is 35.2 Å². The largest absolute Gasteiger partial charge is 0.339 e. The van der Waals surface area contributed by atoms with Crippen LogP contribution >= 0.6 is 0 Å². The standard InChI is InChI=1S/C24H28N2O/c27-23(20-7-2-1-3-8-20)26-14-11-18(12-15-26)17-25-22-16-24(22)13-10-19-6-4-5-9-21(19)24/h1-9,18,22,25H,10-17H2. The molecule has 1 N–H and O–H groups in total. The average molecular weight is 361 g/mol. The summed E-state index contributed by atoms with van der Waals surface area (Å²) in [5, 5.41) is 3.87. The van der Waals surface area contributed by atoms with Crippen LogP contribution in [0.5, 0.6) is 0 Å². The number of benzene rings is 2. The minimum Gasteiger partial charge on any atom is -0.339 e. The number of carbonyl (C=O) groups excluding carboxylic acids is 1. The van der Waals surface area contributed by atoms with Crippen LogP contribution in [0, 0.1) is 5.92 Å². The van der Waals surface area contributed by atoms with Gasteiger partial charge in [0.15, 0.2) is 0 Å². The molecule has 0 aromatic heterocycles. The van der Waals surface area contributed by atoms with Crippen LogP contribution in [-0.2, 0) is 11.8 Å². The Morgan fingerprint density at radius 1 is 1.04 bits per heavy atom. The van der Waals surface area contributed by atoms with Crippen LogP contribution in [0.25, 0.3) is 0 Å². The fourth-order valence-corrected chi connectivity index (χ4v) is 5.28. The molecule has 1 saturated heterocycles. The summed E-state index contributed by atoms with van der Waals surface area (Å²) in [5.41, 5.74) is 4.41. The van der Waals surface area contributed by atoms with Gasteiger partial charge in [0.05, 0.1) is 0 Å². The van der Waals surface area contributed by atoms with Crippen molar-refractivity contribution in [1.29, 1.82) is 0 Å². The van der Waals surface area contributed by atoms with Crippen LogP contribution in [0.4, 0.5) is 0 Å². The molecule has 1 saturated carbocycles. The van der Waals surface area contributed by atoms with Crippen LogP contribution in [0.3, 0.4) is 0 Å². The number of hydrogen-bond donors (Lipinski definition) is 1. The number of nitrogens with zero attached hydrogens (tertiary/aromatic N) is 1. The maximum Gasteiger partial charge on any atom is 0.253 e. The van der Waals surface area contributed by atoms with E-state index >= 15 is 0 Å². The van der Waals surface area contributed by atoms with Crippen molar-refractivity contribution in [2.75, 3.05) is 19.6 Å². The zero-order valence-corrected chi connectivity index (χ0v) is 15.9. The van der Waals surface area contributed by atoms with Gasteiger partial charge in [-0.05, 0) is 67.8 Å². The van der Waals surface area contributed by atoms with E-state index in [9.17, 15) is 4.79 Å². The number of carbonyl (C=O) groups is 1. The Balaban J connectivity index is 1.12. The van der Waals surface area contributed by atoms with Crippen molar-refractivity contribution in [3.8, 4) is 0 Å². The highest BCUT2D eigenvalue weighted by molar-refractivity contribution is 5.94. The molecule has 27 heavy (non-hydrogen) atoms. The summed E-state index contributed by atoms with van der Waals surface area (Å²) in [6.07, 6.45) is 6.08. The molecule has 2 aromatic rings. The molecule has 1 aliphatic heterocycles. The van der Waals surface area contributed by atoms with Gasteiger partial charge >= 0.3 is 0 Å². The first kappa shape index (κ1) is 17.0. The molecule has 0 bridgehead atoms. The van der Waals surface area contributed by atoms with Gasteiger partial charge in [0.2, 0.25) is 0 Å². The van der Waals surface area contributed by atoms with E-state index in [0.717, 1.165) is 38.0 Å². The number of likely N-dealkylation sites (tertiary alicyclic amines) is 1. The Hall–Kier alpha value is -2.13. The van der Waals surface area contributed by atoms with Gasteiger partial charge in [-0.3, -0.25) is 4.79 Å². The van der Waals surface area contributed by atoms with E-state index < -0.39 is 0 Å². The monoisotopic (exact) mass is 360 g/mol. The summed E-state index contributed by atoms with van der Waals surface area (Å²) in [4.78, 5) is 14.6. The molecule has 2 fully saturated rings. The lowest BCUT2D eigenvalue weighted by Gasteiger charge is -2.32. The lowest BCUT2D eigenvalue weighted by molar-refractivity contribution is 0.0689. The van der Waals surface area contributed by atoms with Crippen LogP contribution in [0.1, 0.15) is 47.2 Å². The predicted octanol–water partition coefficient (Wildman–Crippen LogP) is 3.78. The Morgan fingerprint density at radius 3 is 2.59 bits per heavy atom. The molecule has 0 radical (unpaired) electrons. The van der Waals surface area contributed by atoms with Crippen LogP contribution < -0.4 is 5.32 Å². The molecule has 1 amide bonds. The molecule has 3 aliphatic rings. The van der Waals surface area contributed by atoms with Gasteiger partial charge in [-0.1, -0.05) is 42.5 Å². The lowest BCUT2D eigenvalue weighted by atomic mass is 9.95. The average Bonchev–Trinajstić information content (AvgIpc) is 3.33. The van der Waals surface area contributed by atoms with Gasteiger partial charge in [-0.2, -0.15) is 0 Å². The Bertz CT molecular complexity index is 825. The summed E-state index contributed by atoms with van der Waals surface area (Å²) in [5.74, 6) is 0.879. The maximum absolute atomic E-state index is 12.6. The summed E-state index contributed by atoms with van der Waals surface area (Å²) in [7, 11) is 0. The summed E-state index contributed by atoms with van der Waals surface area (Å²) >= 11 is 0. The van der Waals surface area contributed by atoms with E-state index in [1.165, 1.54) is 19.3 Å². The predicted molar refractivity (Wildman–Crippen MR) is 108 cm³/mol. The fraction of sp³-hybridized carbons (Fsp3) is 0.458. The molecule has 3 nitrogen and oxygen atoms in total. The van der Waals surface area contributed by atoms with Gasteiger partial charge in [-0.15, -0.1) is 0 Å². The second-order valence-corrected chi connectivity index (χ2v) is 8.58. The molecule has 3 heteroatoms. The Kier molecular flexibility index (Phi) is 4.28. The van der Waals surface area contributed by atoms with E-state index in [4.69, 9.17) is 0 Å². The lowest BCUT2D eigenvalue weighted by Crippen LogP contribution is -2.41. The fourth-order valence-electron chi connectivity index (χ4n) is 5.28. The van der Waals surface area contributed by atoms with Crippen molar-refractivity contribution >= 4 is 5.91 Å². The smallest absolute Gasteiger partial charge is 0.253 e. The van der Waals surface area contributed by atoms with Crippen LogP contribution in [-0.4, -0.2) is 36.5 Å². The first-order chi connectivity index (χ1) is 13.3. The molecule has 1 heterocycles. The van der Waals surface area contributed by atoms with Gasteiger partial charge in [-0.25, -0.2) is 0 Å². The number of aryl methyl sites for hydroxylation is 1. The third-order valence-corrected chi connectivity index (χ3v) is 7.04. The molecule has 5 rings (SSSR count). The Morgan fingerprint density at radius 2 is 1.78 bits per heavy atom. The Labute approximate surface area is 161 Å². The minimum absolute atomic E-state index is 0.186. The van der Waals surface area contributed by atoms with E-state index in [-0.39, 0.29) is 5.91 Å². The zero-order chi connectivity index (χ0) is 18.3. The normalized spacial score (nSPS) is 27.0. The molecule has 2 aliphatic carbocycles. The molecular weight excluding hydrogens is 332 g/mol. The second-order valence-electron chi connectivity index (χ2n) is 8.58. The van der Waals surface area contributed by atoms with E-state index in [2.05, 4.69) is 29.6 Å². The van der Waals surface area contributed by atoms with E-state index in [1.54, 1.807) is 11.1 Å². The molecule has 2 atom stereocenters. The van der Waals surface area contributed by atoms with Crippen molar-refractivity contribution in [2.45, 2.75) is 43.6 Å². The van der Waals surface area contributed by atoms with Crippen molar-refractivity contribution in [3.05, 3.63) is 71.3 Å². The summed E-state index contributed by atoms with van der Waals surface area (Å²) in [6, 6.07) is 19.4. The molecule has 140 valence electrons. The highest BCUT2D eigenvalue weighted by atomic mass is 16.2. The SMILES string of the molecule is O=C(c1ccccc1)N1CCC(CNC2CC23CCc2ccccc23)CC1. The van der Waals surface area contributed by atoms with Crippen LogP contribution in [0.15, 0.2) is 54.6 Å². The maximum atomic E-state index is 12.6. The summed E-state index contributed by atoms with van der Waals surface area (Å²) in [6.45, 7) is 2.87. The highest BCUT2D eigenvalue weighted by Gasteiger charge is 2.57. The highest BCUT2D eigenvalue weighted by Crippen LogP contribution is 2.56. The molecule has 2 unspecified atom stereocenters. The van der Waals surface area contributed by atoms with Gasteiger partial charge < -0.3 is 10.2 Å². The molecule has 1 spiro atoms. The van der Waals surface area contributed by atoms with Crippen LogP contribution in [0.2, 0.25) is 0 Å².